The van der Waals surface area contributed by atoms with E-state index in [1.807, 2.05) is 30.3 Å². The second-order valence-corrected chi connectivity index (χ2v) is 4.01. The Morgan fingerprint density at radius 1 is 1.24 bits per heavy atom. The largest absolute Gasteiger partial charge is 0.449 e. The number of benzene rings is 1. The molecule has 1 aromatic rings. The van der Waals surface area contributed by atoms with Crippen molar-refractivity contribution in [1.82, 2.24) is 10.2 Å². The van der Waals surface area contributed by atoms with Crippen LogP contribution >= 0.6 is 0 Å². The van der Waals surface area contributed by atoms with Crippen LogP contribution in [-0.2, 0) is 11.2 Å². The van der Waals surface area contributed by atoms with E-state index in [-0.39, 0.29) is 6.09 Å². The lowest BCUT2D eigenvalue weighted by molar-refractivity contribution is 0.0983. The Labute approximate surface area is 102 Å². The van der Waals surface area contributed by atoms with E-state index in [9.17, 15) is 4.79 Å². The van der Waals surface area contributed by atoms with Crippen molar-refractivity contribution in [2.24, 2.45) is 0 Å². The molecule has 0 aromatic heterocycles. The molecule has 4 nitrogen and oxygen atoms in total. The molecule has 4 heteroatoms. The number of hydrogen-bond acceptors (Lipinski definition) is 2. The highest BCUT2D eigenvalue weighted by atomic mass is 16.6. The fourth-order valence-corrected chi connectivity index (χ4v) is 1.78. The van der Waals surface area contributed by atoms with E-state index in [0.717, 1.165) is 19.5 Å². The highest BCUT2D eigenvalue weighted by molar-refractivity contribution is 5.67. The number of piperazine rings is 1. The third-order valence-corrected chi connectivity index (χ3v) is 2.77. The van der Waals surface area contributed by atoms with Gasteiger partial charge in [-0.3, -0.25) is 0 Å². The van der Waals surface area contributed by atoms with E-state index < -0.39 is 0 Å². The van der Waals surface area contributed by atoms with Crippen molar-refractivity contribution in [2.75, 3.05) is 32.8 Å². The lowest BCUT2D eigenvalue weighted by Gasteiger charge is -2.25. The molecule has 1 aromatic carbocycles. The van der Waals surface area contributed by atoms with Gasteiger partial charge in [0.1, 0.15) is 0 Å². The van der Waals surface area contributed by atoms with Crippen LogP contribution in [0.3, 0.4) is 0 Å². The Kier molecular flexibility index (Phi) is 4.38. The number of carbonyl (C=O) groups is 1. The van der Waals surface area contributed by atoms with Crippen molar-refractivity contribution in [3.63, 3.8) is 0 Å². The summed E-state index contributed by atoms with van der Waals surface area (Å²) in [6.45, 7) is 3.27. The van der Waals surface area contributed by atoms with E-state index in [4.69, 9.17) is 4.74 Å². The van der Waals surface area contributed by atoms with Crippen molar-refractivity contribution >= 4 is 6.09 Å². The lowest BCUT2D eigenvalue weighted by atomic mass is 10.2. The molecule has 91 valence electrons. The van der Waals surface area contributed by atoms with Crippen molar-refractivity contribution in [1.29, 1.82) is 0 Å². The maximum Gasteiger partial charge on any atom is 0.409 e. The van der Waals surface area contributed by atoms with Crippen LogP contribution in [0.25, 0.3) is 0 Å². The summed E-state index contributed by atoms with van der Waals surface area (Å²) < 4.78 is 5.23. The molecule has 0 bridgehead atoms. The highest BCUT2D eigenvalue weighted by Crippen LogP contribution is 2.02. The van der Waals surface area contributed by atoms with Gasteiger partial charge in [0.2, 0.25) is 0 Å². The molecule has 1 amide bonds. The summed E-state index contributed by atoms with van der Waals surface area (Å²) in [6, 6.07) is 10.0. The average Bonchev–Trinajstić information content (AvgIpc) is 2.41. The minimum Gasteiger partial charge on any atom is -0.449 e. The maximum absolute atomic E-state index is 11.7. The number of nitrogens with zero attached hydrogens (tertiary/aromatic N) is 2. The molecule has 0 spiro atoms. The molecule has 0 unspecified atom stereocenters. The normalized spacial score (nSPS) is 15.6. The number of hydrogen-bond donors (Lipinski definition) is 0. The minimum atomic E-state index is -0.212. The quantitative estimate of drug-likeness (QED) is 0.789. The van der Waals surface area contributed by atoms with Gasteiger partial charge in [-0.2, -0.15) is 0 Å². The first-order valence-electron chi connectivity index (χ1n) is 5.95. The zero-order valence-corrected chi connectivity index (χ0v) is 9.84. The van der Waals surface area contributed by atoms with Gasteiger partial charge in [0, 0.05) is 32.6 Å². The zero-order chi connectivity index (χ0) is 11.9. The molecule has 1 aliphatic rings. The first-order chi connectivity index (χ1) is 8.36. The molecule has 0 aliphatic carbocycles. The standard InChI is InChI=1S/C13H17N2O2/c16-13(15-9-7-14-8-10-15)17-11-6-12-4-2-1-3-5-12/h1-5H,6-11H2. The Hall–Kier alpha value is -1.55. The van der Waals surface area contributed by atoms with Crippen LogP contribution < -0.4 is 5.32 Å². The maximum atomic E-state index is 11.7. The Balaban J connectivity index is 1.69. The predicted molar refractivity (Wildman–Crippen MR) is 64.9 cm³/mol. The molecule has 1 radical (unpaired) electrons. The van der Waals surface area contributed by atoms with Crippen LogP contribution in [0.4, 0.5) is 4.79 Å². The van der Waals surface area contributed by atoms with Crippen LogP contribution in [0.1, 0.15) is 5.56 Å². The van der Waals surface area contributed by atoms with Gasteiger partial charge in [-0.15, -0.1) is 0 Å². The average molecular weight is 233 g/mol. The SMILES string of the molecule is O=C(OCCc1ccccc1)N1CC[N]CC1. The van der Waals surface area contributed by atoms with E-state index >= 15 is 0 Å². The van der Waals surface area contributed by atoms with E-state index in [0.29, 0.717) is 19.7 Å². The van der Waals surface area contributed by atoms with Crippen LogP contribution in [-0.4, -0.2) is 43.8 Å². The molecule has 0 N–H and O–H groups in total. The summed E-state index contributed by atoms with van der Waals surface area (Å²) in [4.78, 5) is 13.4. The molecule has 1 heterocycles. The smallest absolute Gasteiger partial charge is 0.409 e. The highest BCUT2D eigenvalue weighted by Gasteiger charge is 2.17. The second-order valence-electron chi connectivity index (χ2n) is 4.01. The summed E-state index contributed by atoms with van der Waals surface area (Å²) in [7, 11) is 0. The molecule has 0 atom stereocenters. The molecule has 1 fully saturated rings. The molecular weight excluding hydrogens is 216 g/mol. The topological polar surface area (TPSA) is 43.6 Å². The first kappa shape index (κ1) is 11.9. The number of amides is 1. The summed E-state index contributed by atoms with van der Waals surface area (Å²) in [5.74, 6) is 0. The summed E-state index contributed by atoms with van der Waals surface area (Å²) in [6.07, 6.45) is 0.556. The van der Waals surface area contributed by atoms with Gasteiger partial charge in [0.25, 0.3) is 0 Å². The zero-order valence-electron chi connectivity index (χ0n) is 9.84. The molecule has 0 saturated carbocycles. The number of rotatable bonds is 3. The fourth-order valence-electron chi connectivity index (χ4n) is 1.78. The van der Waals surface area contributed by atoms with Gasteiger partial charge >= 0.3 is 6.09 Å². The van der Waals surface area contributed by atoms with Gasteiger partial charge in [0.15, 0.2) is 0 Å². The summed E-state index contributed by atoms with van der Waals surface area (Å²) in [5.41, 5.74) is 1.19. The van der Waals surface area contributed by atoms with Crippen LogP contribution in [0.5, 0.6) is 0 Å². The van der Waals surface area contributed by atoms with Crippen LogP contribution in [0.2, 0.25) is 0 Å². The Bertz CT molecular complexity index is 348. The Morgan fingerprint density at radius 3 is 2.65 bits per heavy atom. The minimum absolute atomic E-state index is 0.212. The molecular formula is C13H17N2O2. The van der Waals surface area contributed by atoms with Crippen molar-refractivity contribution in [3.05, 3.63) is 35.9 Å². The molecule has 17 heavy (non-hydrogen) atoms. The first-order valence-corrected chi connectivity index (χ1v) is 5.95. The third-order valence-electron chi connectivity index (χ3n) is 2.77. The summed E-state index contributed by atoms with van der Waals surface area (Å²) >= 11 is 0. The van der Waals surface area contributed by atoms with E-state index in [1.165, 1.54) is 5.56 Å². The van der Waals surface area contributed by atoms with Crippen molar-refractivity contribution in [3.8, 4) is 0 Å². The summed E-state index contributed by atoms with van der Waals surface area (Å²) in [5, 5.41) is 4.19. The van der Waals surface area contributed by atoms with Gasteiger partial charge in [0.05, 0.1) is 6.61 Å². The third kappa shape index (κ3) is 3.75. The second kappa shape index (κ2) is 6.25. The van der Waals surface area contributed by atoms with Gasteiger partial charge in [-0.1, -0.05) is 30.3 Å². The molecule has 1 aliphatic heterocycles. The van der Waals surface area contributed by atoms with Gasteiger partial charge < -0.3 is 9.64 Å². The van der Waals surface area contributed by atoms with Crippen molar-refractivity contribution < 1.29 is 9.53 Å². The van der Waals surface area contributed by atoms with Crippen LogP contribution in [0, 0.1) is 0 Å². The van der Waals surface area contributed by atoms with Crippen molar-refractivity contribution in [2.45, 2.75) is 6.42 Å². The van der Waals surface area contributed by atoms with Gasteiger partial charge in [-0.05, 0) is 5.56 Å². The number of ether oxygens (including phenoxy) is 1. The van der Waals surface area contributed by atoms with E-state index in [1.54, 1.807) is 4.90 Å². The Morgan fingerprint density at radius 2 is 1.94 bits per heavy atom. The van der Waals surface area contributed by atoms with Crippen LogP contribution in [0.15, 0.2) is 30.3 Å². The monoisotopic (exact) mass is 233 g/mol. The predicted octanol–water partition coefficient (Wildman–Crippen LogP) is 1.29. The van der Waals surface area contributed by atoms with Gasteiger partial charge in [-0.25, -0.2) is 10.1 Å². The number of carbonyl (C=O) groups excluding carboxylic acids is 1. The molecule has 2 rings (SSSR count). The molecule has 1 saturated heterocycles. The van der Waals surface area contributed by atoms with E-state index in [2.05, 4.69) is 5.32 Å². The lowest BCUT2D eigenvalue weighted by Crippen LogP contribution is -2.44. The fraction of sp³-hybridized carbons (Fsp3) is 0.462.